The number of amides is 1. The predicted molar refractivity (Wildman–Crippen MR) is 131 cm³/mol. The number of nitrogens with two attached hydrogens (primary N) is 1. The lowest BCUT2D eigenvalue weighted by atomic mass is 9.84. The number of carbonyl (C=O) groups excluding carboxylic acids is 1. The zero-order valence-electron chi connectivity index (χ0n) is 20.1. The summed E-state index contributed by atoms with van der Waals surface area (Å²) in [6.07, 6.45) is 5.88. The van der Waals surface area contributed by atoms with Gasteiger partial charge in [-0.25, -0.2) is 13.6 Å². The van der Waals surface area contributed by atoms with Crippen molar-refractivity contribution in [3.05, 3.63) is 41.1 Å². The van der Waals surface area contributed by atoms with E-state index in [2.05, 4.69) is 30.7 Å². The fourth-order valence-corrected chi connectivity index (χ4v) is 5.42. The molecule has 0 saturated heterocycles. The highest BCUT2D eigenvalue weighted by molar-refractivity contribution is 7.89. The quantitative estimate of drug-likeness (QED) is 0.566. The molecule has 0 atom stereocenters. The molecule has 33 heavy (non-hydrogen) atoms. The molecular weight excluding hydrogens is 438 g/mol. The number of nitrogens with one attached hydrogen (secondary N) is 1. The zero-order valence-corrected chi connectivity index (χ0v) is 21.0. The number of benzene rings is 1. The summed E-state index contributed by atoms with van der Waals surface area (Å²) in [7, 11) is -3.89. The van der Waals surface area contributed by atoms with E-state index in [4.69, 9.17) is 10.2 Å². The van der Waals surface area contributed by atoms with E-state index in [0.717, 1.165) is 36.2 Å². The molecule has 1 fully saturated rings. The highest BCUT2D eigenvalue weighted by Crippen LogP contribution is 2.35. The lowest BCUT2D eigenvalue weighted by Gasteiger charge is -2.25. The Morgan fingerprint density at radius 3 is 2.39 bits per heavy atom. The standard InChI is InChI=1S/C25H37N3O4S/c1-17-23(33(26,31)32)15-22(28(17)16-18-8-6-5-7-9-18)19-12-20(24(30)27-10-11-29)14-21(13-19)25(2,3)4/h12-15,18,29H,5-11,16H2,1-4H3,(H,27,30)(H2,26,31,32). The van der Waals surface area contributed by atoms with Gasteiger partial charge in [0.15, 0.2) is 0 Å². The van der Waals surface area contributed by atoms with Crippen LogP contribution < -0.4 is 10.5 Å². The van der Waals surface area contributed by atoms with E-state index in [9.17, 15) is 13.2 Å². The van der Waals surface area contributed by atoms with Gasteiger partial charge in [-0.2, -0.15) is 0 Å². The molecule has 1 aliphatic carbocycles. The van der Waals surface area contributed by atoms with Crippen molar-refractivity contribution in [2.24, 2.45) is 11.1 Å². The van der Waals surface area contributed by atoms with Crippen LogP contribution in [-0.2, 0) is 22.0 Å². The Kier molecular flexibility index (Phi) is 7.71. The topological polar surface area (TPSA) is 114 Å². The van der Waals surface area contributed by atoms with Crippen LogP contribution in [0.4, 0.5) is 0 Å². The summed E-state index contributed by atoms with van der Waals surface area (Å²) >= 11 is 0. The average molecular weight is 476 g/mol. The van der Waals surface area contributed by atoms with Gasteiger partial charge in [-0.3, -0.25) is 4.79 Å². The summed E-state index contributed by atoms with van der Waals surface area (Å²) in [5.74, 6) is 0.209. The van der Waals surface area contributed by atoms with Gasteiger partial charge in [0, 0.05) is 30.0 Å². The molecule has 4 N–H and O–H groups in total. The molecule has 1 aliphatic rings. The monoisotopic (exact) mass is 475 g/mol. The van der Waals surface area contributed by atoms with Gasteiger partial charge < -0.3 is 15.0 Å². The van der Waals surface area contributed by atoms with Crippen molar-refractivity contribution in [1.82, 2.24) is 9.88 Å². The maximum absolute atomic E-state index is 12.8. The number of aliphatic hydroxyl groups excluding tert-OH is 1. The third-order valence-corrected chi connectivity index (χ3v) is 7.57. The minimum atomic E-state index is -3.89. The number of carbonyl (C=O) groups is 1. The van der Waals surface area contributed by atoms with Gasteiger partial charge in [0.25, 0.3) is 5.91 Å². The molecule has 1 aromatic carbocycles. The Hall–Kier alpha value is -2.16. The van der Waals surface area contributed by atoms with Gasteiger partial charge in [-0.05, 0) is 66.5 Å². The van der Waals surface area contributed by atoms with Gasteiger partial charge in [-0.15, -0.1) is 0 Å². The van der Waals surface area contributed by atoms with Crippen molar-refractivity contribution in [3.63, 3.8) is 0 Å². The summed E-state index contributed by atoms with van der Waals surface area (Å²) in [5, 5.41) is 17.4. The largest absolute Gasteiger partial charge is 0.395 e. The smallest absolute Gasteiger partial charge is 0.251 e. The van der Waals surface area contributed by atoms with Crippen molar-refractivity contribution in [1.29, 1.82) is 0 Å². The minimum absolute atomic E-state index is 0.126. The highest BCUT2D eigenvalue weighted by atomic mass is 32.2. The molecule has 0 radical (unpaired) electrons. The van der Waals surface area contributed by atoms with Crippen LogP contribution in [0, 0.1) is 12.8 Å². The highest BCUT2D eigenvalue weighted by Gasteiger charge is 2.25. The van der Waals surface area contributed by atoms with E-state index in [-0.39, 0.29) is 29.4 Å². The average Bonchev–Trinajstić information content (AvgIpc) is 3.08. The number of aliphatic hydroxyl groups is 1. The van der Waals surface area contributed by atoms with Gasteiger partial charge in [0.2, 0.25) is 10.0 Å². The van der Waals surface area contributed by atoms with Crippen molar-refractivity contribution >= 4 is 15.9 Å². The van der Waals surface area contributed by atoms with Crippen LogP contribution in [0.3, 0.4) is 0 Å². The van der Waals surface area contributed by atoms with E-state index in [1.807, 2.05) is 12.1 Å². The molecule has 2 aromatic rings. The van der Waals surface area contributed by atoms with Crippen molar-refractivity contribution in [3.8, 4) is 11.3 Å². The van der Waals surface area contributed by atoms with E-state index < -0.39 is 10.0 Å². The van der Waals surface area contributed by atoms with E-state index in [1.165, 1.54) is 19.3 Å². The van der Waals surface area contributed by atoms with Crippen LogP contribution in [0.25, 0.3) is 11.3 Å². The van der Waals surface area contributed by atoms with Crippen molar-refractivity contribution in [2.75, 3.05) is 13.2 Å². The summed E-state index contributed by atoms with van der Waals surface area (Å²) in [6.45, 7) is 8.77. The number of rotatable bonds is 7. The first-order valence-electron chi connectivity index (χ1n) is 11.7. The van der Waals surface area contributed by atoms with Gasteiger partial charge >= 0.3 is 0 Å². The third-order valence-electron chi connectivity index (χ3n) is 6.55. The van der Waals surface area contributed by atoms with E-state index >= 15 is 0 Å². The van der Waals surface area contributed by atoms with Crippen LogP contribution in [0.1, 0.15) is 74.5 Å². The van der Waals surface area contributed by atoms with Gasteiger partial charge in [0.05, 0.1) is 6.61 Å². The Labute approximate surface area is 197 Å². The SMILES string of the molecule is Cc1c(S(N)(=O)=O)cc(-c2cc(C(=O)NCCO)cc(C(C)(C)C)c2)n1CC1CCCCC1. The number of hydrogen-bond acceptors (Lipinski definition) is 4. The zero-order chi connectivity index (χ0) is 24.4. The lowest BCUT2D eigenvalue weighted by molar-refractivity contribution is 0.0944. The molecule has 3 rings (SSSR count). The van der Waals surface area contributed by atoms with Crippen LogP contribution >= 0.6 is 0 Å². The molecule has 182 valence electrons. The van der Waals surface area contributed by atoms with E-state index in [1.54, 1.807) is 19.1 Å². The summed E-state index contributed by atoms with van der Waals surface area (Å²) < 4.78 is 26.7. The van der Waals surface area contributed by atoms with Crippen molar-refractivity contribution < 1.29 is 18.3 Å². The normalized spacial score (nSPS) is 15.6. The molecule has 8 heteroatoms. The van der Waals surface area contributed by atoms with Crippen LogP contribution in [-0.4, -0.2) is 37.2 Å². The summed E-state index contributed by atoms with van der Waals surface area (Å²) in [6, 6.07) is 7.33. The summed E-state index contributed by atoms with van der Waals surface area (Å²) in [4.78, 5) is 12.9. The Bertz CT molecular complexity index is 1110. The Morgan fingerprint density at radius 1 is 1.15 bits per heavy atom. The second-order valence-electron chi connectivity index (χ2n) is 10.2. The maximum Gasteiger partial charge on any atom is 0.251 e. The number of hydrogen-bond donors (Lipinski definition) is 3. The minimum Gasteiger partial charge on any atom is -0.395 e. The summed E-state index contributed by atoms with van der Waals surface area (Å²) in [5.41, 5.74) is 3.39. The Morgan fingerprint density at radius 2 is 1.82 bits per heavy atom. The van der Waals surface area contributed by atoms with Crippen molar-refractivity contribution in [2.45, 2.75) is 76.7 Å². The second kappa shape index (κ2) is 9.99. The fraction of sp³-hybridized carbons (Fsp3) is 0.560. The lowest BCUT2D eigenvalue weighted by Crippen LogP contribution is -2.27. The maximum atomic E-state index is 12.8. The Balaban J connectivity index is 2.17. The first-order valence-corrected chi connectivity index (χ1v) is 13.2. The second-order valence-corrected chi connectivity index (χ2v) is 11.7. The van der Waals surface area contributed by atoms with Crippen LogP contribution in [0.2, 0.25) is 0 Å². The number of sulfonamides is 1. The first-order chi connectivity index (χ1) is 15.4. The number of nitrogens with zero attached hydrogens (tertiary/aromatic N) is 1. The molecule has 0 unspecified atom stereocenters. The van der Waals surface area contributed by atoms with Crippen LogP contribution in [0.15, 0.2) is 29.2 Å². The molecule has 1 aromatic heterocycles. The predicted octanol–water partition coefficient (Wildman–Crippen LogP) is 3.71. The van der Waals surface area contributed by atoms with Gasteiger partial charge in [-0.1, -0.05) is 40.0 Å². The molecule has 0 aliphatic heterocycles. The van der Waals surface area contributed by atoms with Gasteiger partial charge in [0.1, 0.15) is 4.90 Å². The molecular formula is C25H37N3O4S. The molecule has 0 spiro atoms. The molecule has 7 nitrogen and oxygen atoms in total. The van der Waals surface area contributed by atoms with Crippen LogP contribution in [0.5, 0.6) is 0 Å². The molecule has 1 amide bonds. The third kappa shape index (κ3) is 6.05. The van der Waals surface area contributed by atoms with E-state index in [0.29, 0.717) is 17.2 Å². The number of primary sulfonamides is 1. The first kappa shape index (κ1) is 25.5. The number of aromatic nitrogens is 1. The molecule has 1 saturated carbocycles. The molecule has 1 heterocycles. The molecule has 0 bridgehead atoms. The fourth-order valence-electron chi connectivity index (χ4n) is 4.62.